The first kappa shape index (κ1) is 14.0. The maximum atomic E-state index is 11.3. The molecule has 0 unspecified atom stereocenters. The summed E-state index contributed by atoms with van der Waals surface area (Å²) in [5.41, 5.74) is 1.53. The van der Waals surface area contributed by atoms with Crippen molar-refractivity contribution in [3.63, 3.8) is 0 Å². The standard InChI is InChI=1S/C15H22N2O2/c1-3-12-6-8-17(9-7-12)11-14-5-4-13(10-16-14)15(18)19-2/h4-5,10,12H,3,6-9,11H2,1-2H3. The molecule has 0 radical (unpaired) electrons. The summed E-state index contributed by atoms with van der Waals surface area (Å²) in [6, 6.07) is 3.70. The Morgan fingerprint density at radius 3 is 2.68 bits per heavy atom. The first-order valence-electron chi connectivity index (χ1n) is 6.98. The summed E-state index contributed by atoms with van der Waals surface area (Å²) >= 11 is 0. The van der Waals surface area contributed by atoms with Gasteiger partial charge in [-0.1, -0.05) is 13.3 Å². The number of piperidine rings is 1. The lowest BCUT2D eigenvalue weighted by molar-refractivity contribution is 0.0600. The van der Waals surface area contributed by atoms with E-state index >= 15 is 0 Å². The zero-order valence-electron chi connectivity index (χ0n) is 11.8. The molecule has 0 aliphatic carbocycles. The molecule has 0 amide bonds. The second kappa shape index (κ2) is 6.66. The predicted octanol–water partition coefficient (Wildman–Crippen LogP) is 2.49. The second-order valence-corrected chi connectivity index (χ2v) is 5.16. The number of ether oxygens (including phenoxy) is 1. The van der Waals surface area contributed by atoms with Crippen molar-refractivity contribution >= 4 is 5.97 Å². The molecule has 0 aromatic carbocycles. The third-order valence-corrected chi connectivity index (χ3v) is 3.92. The monoisotopic (exact) mass is 262 g/mol. The number of carbonyl (C=O) groups is 1. The highest BCUT2D eigenvalue weighted by molar-refractivity contribution is 5.88. The fourth-order valence-corrected chi connectivity index (χ4v) is 2.54. The summed E-state index contributed by atoms with van der Waals surface area (Å²) in [5, 5.41) is 0. The third kappa shape index (κ3) is 3.77. The van der Waals surface area contributed by atoms with E-state index in [9.17, 15) is 4.79 Å². The Morgan fingerprint density at radius 2 is 2.16 bits per heavy atom. The molecule has 0 atom stereocenters. The third-order valence-electron chi connectivity index (χ3n) is 3.92. The van der Waals surface area contributed by atoms with Crippen molar-refractivity contribution in [2.75, 3.05) is 20.2 Å². The Bertz CT molecular complexity index is 409. The Hall–Kier alpha value is -1.42. The van der Waals surface area contributed by atoms with Crippen molar-refractivity contribution in [1.82, 2.24) is 9.88 Å². The Labute approximate surface area is 114 Å². The van der Waals surface area contributed by atoms with Crippen molar-refractivity contribution < 1.29 is 9.53 Å². The minimum Gasteiger partial charge on any atom is -0.465 e. The molecule has 1 aromatic rings. The van der Waals surface area contributed by atoms with Gasteiger partial charge in [-0.2, -0.15) is 0 Å². The van der Waals surface area contributed by atoms with Gasteiger partial charge in [-0.25, -0.2) is 4.79 Å². The van der Waals surface area contributed by atoms with E-state index in [2.05, 4.69) is 21.5 Å². The van der Waals surface area contributed by atoms with Gasteiger partial charge in [0.1, 0.15) is 0 Å². The van der Waals surface area contributed by atoms with Gasteiger partial charge in [-0.3, -0.25) is 9.88 Å². The van der Waals surface area contributed by atoms with E-state index in [4.69, 9.17) is 0 Å². The van der Waals surface area contributed by atoms with E-state index in [1.807, 2.05) is 6.07 Å². The van der Waals surface area contributed by atoms with Crippen LogP contribution in [-0.4, -0.2) is 36.1 Å². The van der Waals surface area contributed by atoms with Gasteiger partial charge in [0.25, 0.3) is 0 Å². The summed E-state index contributed by atoms with van der Waals surface area (Å²) < 4.78 is 4.66. The summed E-state index contributed by atoms with van der Waals surface area (Å²) in [7, 11) is 1.38. The number of hydrogen-bond donors (Lipinski definition) is 0. The number of rotatable bonds is 4. The molecular weight excluding hydrogens is 240 g/mol. The number of hydrogen-bond acceptors (Lipinski definition) is 4. The van der Waals surface area contributed by atoms with Gasteiger partial charge in [0.2, 0.25) is 0 Å². The number of likely N-dealkylation sites (tertiary alicyclic amines) is 1. The van der Waals surface area contributed by atoms with Crippen molar-refractivity contribution in [3.8, 4) is 0 Å². The zero-order chi connectivity index (χ0) is 13.7. The van der Waals surface area contributed by atoms with Gasteiger partial charge < -0.3 is 4.74 Å². The molecular formula is C15H22N2O2. The summed E-state index contributed by atoms with van der Waals surface area (Å²) in [6.07, 6.45) is 5.47. The second-order valence-electron chi connectivity index (χ2n) is 5.16. The Balaban J connectivity index is 1.88. The topological polar surface area (TPSA) is 42.4 Å². The SMILES string of the molecule is CCC1CCN(Cc2ccc(C(=O)OC)cn2)CC1. The van der Waals surface area contributed by atoms with E-state index < -0.39 is 0 Å². The van der Waals surface area contributed by atoms with Crippen LogP contribution in [0.15, 0.2) is 18.3 Å². The van der Waals surface area contributed by atoms with Crippen LogP contribution in [0.3, 0.4) is 0 Å². The molecule has 2 rings (SSSR count). The number of carbonyl (C=O) groups excluding carboxylic acids is 1. The smallest absolute Gasteiger partial charge is 0.339 e. The first-order chi connectivity index (χ1) is 9.22. The van der Waals surface area contributed by atoms with E-state index in [1.54, 1.807) is 12.3 Å². The Kier molecular flexibility index (Phi) is 4.91. The average molecular weight is 262 g/mol. The van der Waals surface area contributed by atoms with Crippen LogP contribution in [0.1, 0.15) is 42.2 Å². The Morgan fingerprint density at radius 1 is 1.42 bits per heavy atom. The van der Waals surface area contributed by atoms with Crippen LogP contribution in [0, 0.1) is 5.92 Å². The van der Waals surface area contributed by atoms with E-state index in [0.717, 1.165) is 31.2 Å². The van der Waals surface area contributed by atoms with Crippen LogP contribution in [0.5, 0.6) is 0 Å². The highest BCUT2D eigenvalue weighted by Gasteiger charge is 2.18. The maximum Gasteiger partial charge on any atom is 0.339 e. The minimum absolute atomic E-state index is 0.331. The van der Waals surface area contributed by atoms with E-state index in [1.165, 1.54) is 26.4 Å². The van der Waals surface area contributed by atoms with Crippen LogP contribution >= 0.6 is 0 Å². The van der Waals surface area contributed by atoms with Crippen molar-refractivity contribution in [1.29, 1.82) is 0 Å². The molecule has 1 fully saturated rings. The van der Waals surface area contributed by atoms with Gasteiger partial charge in [0, 0.05) is 12.7 Å². The normalized spacial score (nSPS) is 17.4. The molecule has 2 heterocycles. The zero-order valence-corrected chi connectivity index (χ0v) is 11.8. The number of pyridine rings is 1. The van der Waals surface area contributed by atoms with Crippen LogP contribution in [0.25, 0.3) is 0 Å². The molecule has 1 aromatic heterocycles. The predicted molar refractivity (Wildman–Crippen MR) is 73.9 cm³/mol. The van der Waals surface area contributed by atoms with Gasteiger partial charge in [0.05, 0.1) is 18.4 Å². The highest BCUT2D eigenvalue weighted by atomic mass is 16.5. The molecule has 0 bridgehead atoms. The lowest BCUT2D eigenvalue weighted by Gasteiger charge is -2.31. The molecule has 0 N–H and O–H groups in total. The van der Waals surface area contributed by atoms with Gasteiger partial charge in [0.15, 0.2) is 0 Å². The molecule has 0 spiro atoms. The molecule has 1 aliphatic heterocycles. The summed E-state index contributed by atoms with van der Waals surface area (Å²) in [4.78, 5) is 18.1. The number of nitrogens with zero attached hydrogens (tertiary/aromatic N) is 2. The van der Waals surface area contributed by atoms with Crippen LogP contribution in [-0.2, 0) is 11.3 Å². The van der Waals surface area contributed by atoms with Gasteiger partial charge in [-0.15, -0.1) is 0 Å². The highest BCUT2D eigenvalue weighted by Crippen LogP contribution is 2.20. The molecule has 1 saturated heterocycles. The molecule has 1 aliphatic rings. The van der Waals surface area contributed by atoms with E-state index in [0.29, 0.717) is 5.56 Å². The number of esters is 1. The maximum absolute atomic E-state index is 11.3. The van der Waals surface area contributed by atoms with Gasteiger partial charge in [-0.05, 0) is 44.0 Å². The van der Waals surface area contributed by atoms with Gasteiger partial charge >= 0.3 is 5.97 Å². The first-order valence-corrected chi connectivity index (χ1v) is 6.98. The largest absolute Gasteiger partial charge is 0.465 e. The fourth-order valence-electron chi connectivity index (χ4n) is 2.54. The summed E-state index contributed by atoms with van der Waals surface area (Å²) in [6.45, 7) is 5.45. The molecule has 0 saturated carbocycles. The van der Waals surface area contributed by atoms with Crippen LogP contribution in [0.2, 0.25) is 0 Å². The molecule has 4 nitrogen and oxygen atoms in total. The van der Waals surface area contributed by atoms with Crippen LogP contribution < -0.4 is 0 Å². The van der Waals surface area contributed by atoms with Crippen molar-refractivity contribution in [2.45, 2.75) is 32.7 Å². The van der Waals surface area contributed by atoms with Crippen LogP contribution in [0.4, 0.5) is 0 Å². The lowest BCUT2D eigenvalue weighted by atomic mass is 9.94. The molecule has 4 heteroatoms. The number of aromatic nitrogens is 1. The minimum atomic E-state index is -0.331. The van der Waals surface area contributed by atoms with Crippen molar-refractivity contribution in [3.05, 3.63) is 29.6 Å². The number of methoxy groups -OCH3 is 1. The van der Waals surface area contributed by atoms with E-state index in [-0.39, 0.29) is 5.97 Å². The molecule has 104 valence electrons. The lowest BCUT2D eigenvalue weighted by Crippen LogP contribution is -2.33. The van der Waals surface area contributed by atoms with Crippen molar-refractivity contribution in [2.24, 2.45) is 5.92 Å². The molecule has 19 heavy (non-hydrogen) atoms. The average Bonchev–Trinajstić information content (AvgIpc) is 2.48. The summed E-state index contributed by atoms with van der Waals surface area (Å²) in [5.74, 6) is 0.564. The fraction of sp³-hybridized carbons (Fsp3) is 0.600. The quantitative estimate of drug-likeness (QED) is 0.782.